The normalized spacial score (nSPS) is 39.3. The topological polar surface area (TPSA) is 166 Å². The number of ether oxygens (including phenoxy) is 1. The van der Waals surface area contributed by atoms with E-state index in [0.717, 1.165) is 0 Å². The molecule has 0 radical (unpaired) electrons. The minimum Gasteiger partial charge on any atom is -0.394 e. The lowest BCUT2D eigenvalue weighted by Crippen LogP contribution is -2.59. The summed E-state index contributed by atoms with van der Waals surface area (Å²) in [6, 6.07) is 0. The molecule has 0 bridgehead atoms. The lowest BCUT2D eigenvalue weighted by Gasteiger charge is -2.38. The van der Waals surface area contributed by atoms with Gasteiger partial charge in [0.1, 0.15) is 24.4 Å². The molecule has 1 unspecified atom stereocenters. The lowest BCUT2D eigenvalue weighted by molar-refractivity contribution is -0.392. The molecule has 0 spiro atoms. The van der Waals surface area contributed by atoms with E-state index in [-0.39, 0.29) is 0 Å². The molecule has 0 aromatic rings. The number of aliphatic hydroxyl groups excluding tert-OH is 4. The number of phosphoric acid groups is 1. The highest BCUT2D eigenvalue weighted by Crippen LogP contribution is 2.37. The molecule has 1 saturated heterocycles. The molecule has 1 aliphatic rings. The maximum absolute atomic E-state index is 10.3. The zero-order valence-corrected chi connectivity index (χ0v) is 9.25. The zero-order valence-electron chi connectivity index (χ0n) is 8.36. The predicted octanol–water partition coefficient (Wildman–Crippen LogP) is -3.17. The van der Waals surface area contributed by atoms with Crippen molar-refractivity contribution in [3.63, 3.8) is 0 Å². The minimum atomic E-state index is -4.94. The molecule has 11 heteroatoms. The first-order valence-corrected chi connectivity index (χ1v) is 6.00. The molecular weight excluding hydrogens is 263 g/mol. The van der Waals surface area contributed by atoms with Crippen molar-refractivity contribution in [3.8, 4) is 0 Å². The summed E-state index contributed by atoms with van der Waals surface area (Å²) in [5.74, 6) is 0. The fourth-order valence-corrected chi connectivity index (χ4v) is 1.44. The van der Waals surface area contributed by atoms with Gasteiger partial charge in [-0.25, -0.2) is 4.57 Å². The Balaban J connectivity index is 2.62. The molecule has 1 fully saturated rings. The van der Waals surface area contributed by atoms with Crippen LogP contribution in [0.1, 0.15) is 0 Å². The van der Waals surface area contributed by atoms with Crippen LogP contribution in [0.4, 0.5) is 0 Å². The van der Waals surface area contributed by atoms with E-state index in [4.69, 9.17) is 19.6 Å². The highest BCUT2D eigenvalue weighted by molar-refractivity contribution is 7.46. The van der Waals surface area contributed by atoms with Crippen molar-refractivity contribution in [2.75, 3.05) is 6.61 Å². The predicted molar refractivity (Wildman–Crippen MR) is 48.0 cm³/mol. The molecule has 6 N–H and O–H groups in total. The standard InChI is InChI=1S/C6H13O10P/c7-1-2-3(8)4(9)5(10)6(14-2)15-16-17(11,12)13/h2-10H,1H2,(H2,11,12,13)/t2-,3-,4+,5-,6?/m1/s1. The van der Waals surface area contributed by atoms with Crippen molar-refractivity contribution in [2.24, 2.45) is 0 Å². The first kappa shape index (κ1) is 14.9. The van der Waals surface area contributed by atoms with Gasteiger partial charge in [-0.2, -0.15) is 4.89 Å². The second-order valence-corrected chi connectivity index (χ2v) is 4.49. The molecule has 5 atom stereocenters. The van der Waals surface area contributed by atoms with Gasteiger partial charge < -0.3 is 34.9 Å². The van der Waals surface area contributed by atoms with Crippen LogP contribution in [0, 0.1) is 0 Å². The largest absolute Gasteiger partial charge is 0.496 e. The molecule has 1 rings (SSSR count). The van der Waals surface area contributed by atoms with E-state index in [0.29, 0.717) is 0 Å². The van der Waals surface area contributed by atoms with Crippen molar-refractivity contribution in [2.45, 2.75) is 30.7 Å². The van der Waals surface area contributed by atoms with Crippen LogP contribution >= 0.6 is 7.82 Å². The van der Waals surface area contributed by atoms with Crippen molar-refractivity contribution < 1.29 is 49.1 Å². The van der Waals surface area contributed by atoms with Gasteiger partial charge in [-0.05, 0) is 0 Å². The summed E-state index contributed by atoms with van der Waals surface area (Å²) in [5, 5.41) is 36.8. The van der Waals surface area contributed by atoms with Gasteiger partial charge in [-0.3, -0.25) is 0 Å². The quantitative estimate of drug-likeness (QED) is 0.175. The highest BCUT2D eigenvalue weighted by Gasteiger charge is 2.45. The van der Waals surface area contributed by atoms with Crippen LogP contribution in [0.5, 0.6) is 0 Å². The van der Waals surface area contributed by atoms with Gasteiger partial charge in [0.05, 0.1) is 6.61 Å². The Morgan fingerprint density at radius 2 is 1.71 bits per heavy atom. The molecule has 1 aliphatic heterocycles. The maximum atomic E-state index is 10.3. The van der Waals surface area contributed by atoms with Crippen LogP contribution in [0.3, 0.4) is 0 Å². The molecule has 0 amide bonds. The van der Waals surface area contributed by atoms with E-state index in [1.807, 2.05) is 0 Å². The molecule has 102 valence electrons. The highest BCUT2D eigenvalue weighted by atomic mass is 31.2. The Hall–Kier alpha value is -0.130. The van der Waals surface area contributed by atoms with E-state index < -0.39 is 45.1 Å². The number of aliphatic hydroxyl groups is 4. The van der Waals surface area contributed by atoms with Crippen molar-refractivity contribution in [1.29, 1.82) is 0 Å². The molecule has 0 aromatic carbocycles. The molecule has 0 aliphatic carbocycles. The van der Waals surface area contributed by atoms with Gasteiger partial charge >= 0.3 is 7.82 Å². The van der Waals surface area contributed by atoms with E-state index in [1.165, 1.54) is 0 Å². The van der Waals surface area contributed by atoms with E-state index in [9.17, 15) is 19.9 Å². The first-order valence-electron chi connectivity index (χ1n) is 4.47. The van der Waals surface area contributed by atoms with Crippen molar-refractivity contribution in [3.05, 3.63) is 0 Å². The molecular formula is C6H13O10P. The maximum Gasteiger partial charge on any atom is 0.496 e. The molecule has 0 aromatic heterocycles. The summed E-state index contributed by atoms with van der Waals surface area (Å²) in [4.78, 5) is 20.8. The molecule has 0 saturated carbocycles. The first-order chi connectivity index (χ1) is 7.76. The Morgan fingerprint density at radius 3 is 2.18 bits per heavy atom. The second kappa shape index (κ2) is 5.67. The minimum absolute atomic E-state index is 0.694. The number of hydrogen-bond donors (Lipinski definition) is 6. The summed E-state index contributed by atoms with van der Waals surface area (Å²) in [5.41, 5.74) is 0. The summed E-state index contributed by atoms with van der Waals surface area (Å²) < 4.78 is 18.7. The van der Waals surface area contributed by atoms with Crippen LogP contribution in [-0.2, 0) is 18.9 Å². The van der Waals surface area contributed by atoms with Crippen LogP contribution in [0.2, 0.25) is 0 Å². The van der Waals surface area contributed by atoms with Crippen molar-refractivity contribution in [1.82, 2.24) is 0 Å². The van der Waals surface area contributed by atoms with Gasteiger partial charge in [0.25, 0.3) is 0 Å². The van der Waals surface area contributed by atoms with E-state index >= 15 is 0 Å². The van der Waals surface area contributed by atoms with Gasteiger partial charge in [-0.15, -0.1) is 4.67 Å². The van der Waals surface area contributed by atoms with Gasteiger partial charge in [0.15, 0.2) is 0 Å². The Labute approximate surface area is 95.1 Å². The molecule has 1 heterocycles. The Morgan fingerprint density at radius 1 is 1.12 bits per heavy atom. The van der Waals surface area contributed by atoms with E-state index in [1.54, 1.807) is 0 Å². The molecule has 17 heavy (non-hydrogen) atoms. The van der Waals surface area contributed by atoms with Crippen LogP contribution in [-0.4, -0.2) is 67.5 Å². The Bertz CT molecular complexity index is 289. The number of rotatable bonds is 4. The van der Waals surface area contributed by atoms with E-state index in [2.05, 4.69) is 9.56 Å². The fraction of sp³-hybridized carbons (Fsp3) is 1.00. The van der Waals surface area contributed by atoms with Crippen LogP contribution in [0.15, 0.2) is 0 Å². The van der Waals surface area contributed by atoms with Crippen LogP contribution in [0.25, 0.3) is 0 Å². The summed E-state index contributed by atoms with van der Waals surface area (Å²) >= 11 is 0. The summed E-state index contributed by atoms with van der Waals surface area (Å²) in [7, 11) is -4.94. The second-order valence-electron chi connectivity index (χ2n) is 3.36. The van der Waals surface area contributed by atoms with Crippen LogP contribution < -0.4 is 0 Å². The monoisotopic (exact) mass is 276 g/mol. The third-order valence-corrected chi connectivity index (χ3v) is 2.36. The SMILES string of the molecule is O=P(O)(O)OOC1O[C@H](CO)[C@@H](O)[C@H](O)[C@H]1O. The average molecular weight is 276 g/mol. The van der Waals surface area contributed by atoms with Gasteiger partial charge in [0.2, 0.25) is 6.29 Å². The summed E-state index contributed by atoms with van der Waals surface area (Å²) in [6.07, 6.45) is -8.10. The molecule has 10 nitrogen and oxygen atoms in total. The third kappa shape index (κ3) is 3.93. The van der Waals surface area contributed by atoms with Gasteiger partial charge in [-0.1, -0.05) is 0 Å². The Kier molecular flexibility index (Phi) is 4.98. The lowest BCUT2D eigenvalue weighted by atomic mass is 9.99. The fourth-order valence-electron chi connectivity index (χ4n) is 1.25. The number of hydrogen-bond acceptors (Lipinski definition) is 8. The zero-order chi connectivity index (χ0) is 13.2. The summed E-state index contributed by atoms with van der Waals surface area (Å²) in [6.45, 7) is -0.694. The van der Waals surface area contributed by atoms with Crippen molar-refractivity contribution >= 4 is 7.82 Å². The average Bonchev–Trinajstić information content (AvgIpc) is 2.24. The third-order valence-electron chi connectivity index (χ3n) is 2.08. The van der Waals surface area contributed by atoms with Gasteiger partial charge in [0, 0.05) is 0 Å². The smallest absolute Gasteiger partial charge is 0.394 e.